The summed E-state index contributed by atoms with van der Waals surface area (Å²) in [5.41, 5.74) is -0.392. The Labute approximate surface area is 150 Å². The Kier molecular flexibility index (Phi) is 6.48. The summed E-state index contributed by atoms with van der Waals surface area (Å²) in [5.74, 6) is 0.193. The lowest BCUT2D eigenvalue weighted by atomic mass is 10.1. The van der Waals surface area contributed by atoms with Gasteiger partial charge < -0.3 is 5.32 Å². The lowest BCUT2D eigenvalue weighted by Gasteiger charge is -2.09. The monoisotopic (exact) mass is 396 g/mol. The molecule has 130 valence electrons. The zero-order valence-electron chi connectivity index (χ0n) is 12.3. The van der Waals surface area contributed by atoms with Crippen molar-refractivity contribution in [3.63, 3.8) is 0 Å². The minimum absolute atomic E-state index is 0.200. The van der Waals surface area contributed by atoms with Crippen molar-refractivity contribution in [2.45, 2.75) is 25.4 Å². The molecule has 0 unspecified atom stereocenters. The number of anilines is 1. The fraction of sp³-hybridized carbons (Fsp3) is 0.333. The summed E-state index contributed by atoms with van der Waals surface area (Å²) in [6.45, 7) is 0. The smallest absolute Gasteiger partial charge is 0.302 e. The van der Waals surface area contributed by atoms with Crippen molar-refractivity contribution in [3.05, 3.63) is 45.4 Å². The second-order valence-corrected chi connectivity index (χ2v) is 6.85. The quantitative estimate of drug-likeness (QED) is 0.667. The van der Waals surface area contributed by atoms with E-state index in [4.69, 9.17) is 23.2 Å². The highest BCUT2D eigenvalue weighted by Gasteiger charge is 2.30. The van der Waals surface area contributed by atoms with Gasteiger partial charge in [-0.1, -0.05) is 11.6 Å². The number of rotatable bonds is 6. The number of nitrogens with one attached hydrogen (secondary N) is 1. The van der Waals surface area contributed by atoms with Gasteiger partial charge in [-0.3, -0.25) is 4.79 Å². The first kappa shape index (κ1) is 19.0. The largest absolute Gasteiger partial charge is 0.416 e. The fourth-order valence-electron chi connectivity index (χ4n) is 1.93. The minimum atomic E-state index is -4.42. The molecule has 1 aromatic heterocycles. The zero-order valence-corrected chi connectivity index (χ0v) is 14.6. The molecule has 3 nitrogen and oxygen atoms in total. The zero-order chi connectivity index (χ0) is 17.7. The van der Waals surface area contributed by atoms with E-state index >= 15 is 0 Å². The Morgan fingerprint density at radius 1 is 1.33 bits per heavy atom. The van der Waals surface area contributed by atoms with Gasteiger partial charge in [0.25, 0.3) is 0 Å². The summed E-state index contributed by atoms with van der Waals surface area (Å²) in [4.78, 5) is 16.3. The highest BCUT2D eigenvalue weighted by molar-refractivity contribution is 7.15. The Hall–Kier alpha value is -1.31. The first-order valence-electron chi connectivity index (χ1n) is 6.95. The number of benzene rings is 1. The van der Waals surface area contributed by atoms with Crippen molar-refractivity contribution in [1.82, 2.24) is 4.98 Å². The molecule has 0 saturated heterocycles. The van der Waals surface area contributed by atoms with Crippen LogP contribution in [0.1, 0.15) is 28.8 Å². The van der Waals surface area contributed by atoms with E-state index in [0.717, 1.165) is 12.1 Å². The molecular formula is C15H13Cl2F3N2OS. The number of carbonyl (C=O) groups is 1. The molecule has 0 atom stereocenters. The number of amides is 1. The SMILES string of the molecule is O=C(CCCCl)Nc1ncc(Cc2cc(C(F)(F)F)ccc2Cl)s1. The van der Waals surface area contributed by atoms with Crippen LogP contribution in [0.2, 0.25) is 5.02 Å². The normalized spacial score (nSPS) is 11.5. The van der Waals surface area contributed by atoms with Crippen molar-refractivity contribution in [2.24, 2.45) is 0 Å². The second-order valence-electron chi connectivity index (χ2n) is 4.95. The van der Waals surface area contributed by atoms with Gasteiger partial charge in [-0.05, 0) is 30.2 Å². The number of hydrogen-bond acceptors (Lipinski definition) is 3. The topological polar surface area (TPSA) is 42.0 Å². The van der Waals surface area contributed by atoms with E-state index in [-0.39, 0.29) is 23.8 Å². The summed E-state index contributed by atoms with van der Waals surface area (Å²) >= 11 is 12.7. The number of aromatic nitrogens is 1. The molecule has 2 aromatic rings. The van der Waals surface area contributed by atoms with E-state index in [1.165, 1.54) is 23.6 Å². The molecule has 2 rings (SSSR count). The van der Waals surface area contributed by atoms with Crippen molar-refractivity contribution >= 4 is 45.6 Å². The molecule has 0 bridgehead atoms. The molecule has 1 aromatic carbocycles. The van der Waals surface area contributed by atoms with E-state index in [2.05, 4.69) is 10.3 Å². The molecular weight excluding hydrogens is 384 g/mol. The van der Waals surface area contributed by atoms with E-state index < -0.39 is 11.7 Å². The number of hydrogen-bond donors (Lipinski definition) is 1. The van der Waals surface area contributed by atoms with Crippen LogP contribution in [-0.4, -0.2) is 16.8 Å². The number of thiazole rings is 1. The predicted octanol–water partition coefficient (Wildman–Crippen LogP) is 5.36. The lowest BCUT2D eigenvalue weighted by Crippen LogP contribution is -2.10. The molecule has 0 aliphatic carbocycles. The molecule has 9 heteroatoms. The fourth-order valence-corrected chi connectivity index (χ4v) is 3.10. The van der Waals surface area contributed by atoms with Gasteiger partial charge >= 0.3 is 6.18 Å². The highest BCUT2D eigenvalue weighted by Crippen LogP contribution is 2.33. The van der Waals surface area contributed by atoms with Gasteiger partial charge in [0.1, 0.15) is 0 Å². The van der Waals surface area contributed by atoms with Crippen LogP contribution in [0.4, 0.5) is 18.3 Å². The highest BCUT2D eigenvalue weighted by atomic mass is 35.5. The van der Waals surface area contributed by atoms with Crippen LogP contribution in [0.3, 0.4) is 0 Å². The van der Waals surface area contributed by atoms with Gasteiger partial charge in [0.05, 0.1) is 5.56 Å². The van der Waals surface area contributed by atoms with Crippen LogP contribution in [0.15, 0.2) is 24.4 Å². The number of nitrogens with zero attached hydrogens (tertiary/aromatic N) is 1. The molecule has 0 radical (unpaired) electrons. The molecule has 1 amide bonds. The van der Waals surface area contributed by atoms with Gasteiger partial charge in [-0.2, -0.15) is 13.2 Å². The maximum absolute atomic E-state index is 12.8. The minimum Gasteiger partial charge on any atom is -0.302 e. The summed E-state index contributed by atoms with van der Waals surface area (Å²) in [6.07, 6.45) is -1.85. The van der Waals surface area contributed by atoms with Crippen LogP contribution in [-0.2, 0) is 17.4 Å². The Morgan fingerprint density at radius 2 is 2.08 bits per heavy atom. The van der Waals surface area contributed by atoms with Crippen LogP contribution >= 0.6 is 34.5 Å². The number of alkyl halides is 4. The molecule has 1 N–H and O–H groups in total. The average Bonchev–Trinajstić information content (AvgIpc) is 2.93. The lowest BCUT2D eigenvalue weighted by molar-refractivity contribution is -0.137. The van der Waals surface area contributed by atoms with E-state index in [1.807, 2.05) is 0 Å². The van der Waals surface area contributed by atoms with Crippen LogP contribution in [0, 0.1) is 0 Å². The standard InChI is InChI=1S/C15H13Cl2F3N2OS/c16-5-1-2-13(23)22-14-21-8-11(24-14)7-9-6-10(15(18,19)20)3-4-12(9)17/h3-4,6,8H,1-2,5,7H2,(H,21,22,23). The predicted molar refractivity (Wildman–Crippen MR) is 90.0 cm³/mol. The van der Waals surface area contributed by atoms with Crippen LogP contribution < -0.4 is 5.32 Å². The average molecular weight is 397 g/mol. The molecule has 0 spiro atoms. The maximum atomic E-state index is 12.8. The van der Waals surface area contributed by atoms with Gasteiger partial charge in [0, 0.05) is 34.8 Å². The van der Waals surface area contributed by atoms with Gasteiger partial charge in [0.15, 0.2) is 5.13 Å². The summed E-state index contributed by atoms with van der Waals surface area (Å²) < 4.78 is 38.3. The first-order chi connectivity index (χ1) is 11.3. The van der Waals surface area contributed by atoms with Gasteiger partial charge in [-0.15, -0.1) is 22.9 Å². The third kappa shape index (κ3) is 5.36. The van der Waals surface area contributed by atoms with E-state index in [0.29, 0.717) is 27.9 Å². The van der Waals surface area contributed by atoms with Gasteiger partial charge in [0.2, 0.25) is 5.91 Å². The maximum Gasteiger partial charge on any atom is 0.416 e. The van der Waals surface area contributed by atoms with Crippen molar-refractivity contribution in [3.8, 4) is 0 Å². The Balaban J connectivity index is 2.08. The second kappa shape index (κ2) is 8.18. The van der Waals surface area contributed by atoms with Crippen molar-refractivity contribution < 1.29 is 18.0 Å². The molecule has 0 aliphatic rings. The Bertz CT molecular complexity index is 719. The summed E-state index contributed by atoms with van der Waals surface area (Å²) in [6, 6.07) is 3.21. The third-order valence-corrected chi connectivity index (χ3v) is 4.62. The van der Waals surface area contributed by atoms with Crippen molar-refractivity contribution in [1.29, 1.82) is 0 Å². The molecule has 1 heterocycles. The van der Waals surface area contributed by atoms with Crippen molar-refractivity contribution in [2.75, 3.05) is 11.2 Å². The summed E-state index contributed by atoms with van der Waals surface area (Å²) in [7, 11) is 0. The van der Waals surface area contributed by atoms with Crippen LogP contribution in [0.25, 0.3) is 0 Å². The molecule has 0 saturated carbocycles. The summed E-state index contributed by atoms with van der Waals surface area (Å²) in [5, 5.41) is 3.28. The number of carbonyl (C=O) groups excluding carboxylic acids is 1. The Morgan fingerprint density at radius 3 is 2.75 bits per heavy atom. The molecule has 0 aliphatic heterocycles. The van der Waals surface area contributed by atoms with E-state index in [1.54, 1.807) is 0 Å². The number of halogens is 5. The molecule has 24 heavy (non-hydrogen) atoms. The third-order valence-electron chi connectivity index (χ3n) is 3.08. The first-order valence-corrected chi connectivity index (χ1v) is 8.68. The molecule has 0 fully saturated rings. The van der Waals surface area contributed by atoms with E-state index in [9.17, 15) is 18.0 Å². The van der Waals surface area contributed by atoms with Gasteiger partial charge in [-0.25, -0.2) is 4.98 Å². The van der Waals surface area contributed by atoms with Crippen LogP contribution in [0.5, 0.6) is 0 Å².